The molecule has 6 heteroatoms. The number of nitrogens with zero attached hydrogens (tertiary/aromatic N) is 3. The molecule has 0 spiro atoms. The highest BCUT2D eigenvalue weighted by Crippen LogP contribution is 1.94. The molecule has 0 atom stereocenters. The Morgan fingerprint density at radius 1 is 1.33 bits per heavy atom. The van der Waals surface area contributed by atoms with Crippen LogP contribution in [-0.2, 0) is 0 Å². The fourth-order valence-corrected chi connectivity index (χ4v) is 1.08. The van der Waals surface area contributed by atoms with Gasteiger partial charge in [0.2, 0.25) is 0 Å². The van der Waals surface area contributed by atoms with E-state index in [9.17, 15) is 0 Å². The second-order valence-corrected chi connectivity index (χ2v) is 2.38. The third-order valence-corrected chi connectivity index (χ3v) is 1.63. The summed E-state index contributed by atoms with van der Waals surface area (Å²) in [7, 11) is -1.50. The van der Waals surface area contributed by atoms with Gasteiger partial charge in [0.05, 0.1) is 5.59 Å². The molecule has 0 saturated heterocycles. The summed E-state index contributed by atoms with van der Waals surface area (Å²) in [5.74, 6) is 0. The number of hydrogen-bond donors (Lipinski definition) is 2. The minimum Gasteiger partial charge on any atom is -0.422 e. The van der Waals surface area contributed by atoms with E-state index >= 15 is 0 Å². The van der Waals surface area contributed by atoms with Crippen LogP contribution in [-0.4, -0.2) is 31.8 Å². The zero-order valence-corrected chi connectivity index (χ0v) is 6.12. The smallest absolute Gasteiger partial charge is 0.422 e. The van der Waals surface area contributed by atoms with Crippen LogP contribution in [0.1, 0.15) is 0 Å². The Morgan fingerprint density at radius 3 is 2.92 bits per heavy atom. The highest BCUT2D eigenvalue weighted by molar-refractivity contribution is 6.57. The van der Waals surface area contributed by atoms with E-state index in [1.807, 2.05) is 0 Å². The van der Waals surface area contributed by atoms with Gasteiger partial charge in [-0.1, -0.05) is 6.07 Å². The highest BCUT2D eigenvalue weighted by Gasteiger charge is 2.14. The lowest BCUT2D eigenvalue weighted by atomic mass is 9.85. The molecule has 0 bridgehead atoms. The van der Waals surface area contributed by atoms with Gasteiger partial charge >= 0.3 is 7.12 Å². The van der Waals surface area contributed by atoms with Crippen LogP contribution in [0.5, 0.6) is 0 Å². The topological polar surface area (TPSA) is 70.7 Å². The van der Waals surface area contributed by atoms with Crippen LogP contribution in [0.25, 0.3) is 5.65 Å². The Balaban J connectivity index is 2.73. The predicted molar refractivity (Wildman–Crippen MR) is 42.8 cm³/mol. The quantitative estimate of drug-likeness (QED) is 0.497. The number of rotatable bonds is 1. The van der Waals surface area contributed by atoms with Gasteiger partial charge in [-0.2, -0.15) is 0 Å². The molecule has 0 fully saturated rings. The number of fused-ring (bicyclic) bond motifs is 1. The van der Waals surface area contributed by atoms with Crippen LogP contribution >= 0.6 is 0 Å². The summed E-state index contributed by atoms with van der Waals surface area (Å²) in [6.45, 7) is 0. The molecule has 5 nitrogen and oxygen atoms in total. The van der Waals surface area contributed by atoms with Crippen LogP contribution in [0.3, 0.4) is 0 Å². The number of aromatic nitrogens is 3. The van der Waals surface area contributed by atoms with Gasteiger partial charge in [-0.05, 0) is 12.1 Å². The molecule has 12 heavy (non-hydrogen) atoms. The highest BCUT2D eigenvalue weighted by atomic mass is 16.4. The van der Waals surface area contributed by atoms with Crippen molar-refractivity contribution in [2.75, 3.05) is 0 Å². The van der Waals surface area contributed by atoms with E-state index < -0.39 is 7.12 Å². The van der Waals surface area contributed by atoms with Gasteiger partial charge in [-0.25, -0.2) is 0 Å². The van der Waals surface area contributed by atoms with Crippen molar-refractivity contribution in [3.63, 3.8) is 0 Å². The molecular formula is C6H6BN3O2. The monoisotopic (exact) mass is 163 g/mol. The lowest BCUT2D eigenvalue weighted by Crippen LogP contribution is -2.34. The molecule has 0 aliphatic carbocycles. The maximum atomic E-state index is 8.92. The Bertz CT molecular complexity index is 400. The van der Waals surface area contributed by atoms with Gasteiger partial charge in [0, 0.05) is 0 Å². The van der Waals surface area contributed by atoms with Crippen molar-refractivity contribution < 1.29 is 10.0 Å². The normalized spacial score (nSPS) is 10.5. The van der Waals surface area contributed by atoms with Crippen LogP contribution in [0.4, 0.5) is 0 Å². The molecule has 0 aliphatic rings. The summed E-state index contributed by atoms with van der Waals surface area (Å²) in [6.07, 6.45) is 1.43. The molecule has 2 aromatic rings. The summed E-state index contributed by atoms with van der Waals surface area (Å²) < 4.78 is 1.52. The number of hydrogen-bond acceptors (Lipinski definition) is 4. The third kappa shape index (κ3) is 0.974. The van der Waals surface area contributed by atoms with Gasteiger partial charge in [0.15, 0.2) is 5.65 Å². The molecule has 2 N–H and O–H groups in total. The van der Waals surface area contributed by atoms with Crippen LogP contribution < -0.4 is 5.59 Å². The second-order valence-electron chi connectivity index (χ2n) is 2.38. The average molecular weight is 163 g/mol. The van der Waals surface area contributed by atoms with Crippen LogP contribution in [0.15, 0.2) is 24.5 Å². The molecule has 0 radical (unpaired) electrons. The predicted octanol–water partition coefficient (Wildman–Crippen LogP) is -1.59. The standard InChI is InChI=1S/C6H6BN3O2/c11-7(12)5-2-1-3-6-9-8-4-10(5)6/h1-4,11-12H. The van der Waals surface area contributed by atoms with Crippen molar-refractivity contribution in [3.8, 4) is 0 Å². The maximum absolute atomic E-state index is 8.92. The van der Waals surface area contributed by atoms with Crippen molar-refractivity contribution in [1.29, 1.82) is 0 Å². The molecule has 2 rings (SSSR count). The van der Waals surface area contributed by atoms with E-state index in [4.69, 9.17) is 10.0 Å². The summed E-state index contributed by atoms with van der Waals surface area (Å²) >= 11 is 0. The first-order valence-electron chi connectivity index (χ1n) is 3.44. The molecular weight excluding hydrogens is 157 g/mol. The molecule has 0 aliphatic heterocycles. The largest absolute Gasteiger partial charge is 0.506 e. The van der Waals surface area contributed by atoms with Gasteiger partial charge in [-0.3, -0.25) is 4.40 Å². The molecule has 0 saturated carbocycles. The fraction of sp³-hybridized carbons (Fsp3) is 0. The van der Waals surface area contributed by atoms with E-state index in [-0.39, 0.29) is 0 Å². The summed E-state index contributed by atoms with van der Waals surface area (Å²) in [5, 5.41) is 25.2. The zero-order chi connectivity index (χ0) is 8.55. The van der Waals surface area contributed by atoms with Crippen molar-refractivity contribution in [3.05, 3.63) is 24.5 Å². The van der Waals surface area contributed by atoms with Gasteiger partial charge in [0.1, 0.15) is 6.33 Å². The molecule has 60 valence electrons. The Hall–Kier alpha value is -1.40. The second kappa shape index (κ2) is 2.58. The lowest BCUT2D eigenvalue weighted by Gasteiger charge is -2.00. The summed E-state index contributed by atoms with van der Waals surface area (Å²) in [5.41, 5.74) is 0.957. The van der Waals surface area contributed by atoms with Crippen LogP contribution in [0, 0.1) is 0 Å². The van der Waals surface area contributed by atoms with Crippen molar-refractivity contribution in [2.45, 2.75) is 0 Å². The lowest BCUT2D eigenvalue weighted by molar-refractivity contribution is 0.423. The fourth-order valence-electron chi connectivity index (χ4n) is 1.08. The first kappa shape index (κ1) is 7.26. The average Bonchev–Trinajstić information content (AvgIpc) is 2.49. The first-order valence-corrected chi connectivity index (χ1v) is 3.44. The van der Waals surface area contributed by atoms with E-state index in [0.717, 1.165) is 0 Å². The Morgan fingerprint density at radius 2 is 2.17 bits per heavy atom. The maximum Gasteiger partial charge on any atom is 0.506 e. The molecule has 0 unspecified atom stereocenters. The van der Waals surface area contributed by atoms with Crippen molar-refractivity contribution in [1.82, 2.24) is 14.6 Å². The minimum absolute atomic E-state index is 0.359. The van der Waals surface area contributed by atoms with E-state index in [1.165, 1.54) is 10.7 Å². The van der Waals surface area contributed by atoms with E-state index in [0.29, 0.717) is 11.2 Å². The minimum atomic E-state index is -1.50. The molecule has 2 aromatic heterocycles. The molecule has 0 aromatic carbocycles. The summed E-state index contributed by atoms with van der Waals surface area (Å²) in [4.78, 5) is 0. The van der Waals surface area contributed by atoms with Gasteiger partial charge < -0.3 is 10.0 Å². The third-order valence-electron chi connectivity index (χ3n) is 1.63. The SMILES string of the molecule is OB(O)c1cccc2nncn12. The molecule has 0 amide bonds. The summed E-state index contributed by atoms with van der Waals surface area (Å²) in [6, 6.07) is 5.03. The Labute approximate surface area is 68.4 Å². The Kier molecular flexibility index (Phi) is 1.56. The van der Waals surface area contributed by atoms with E-state index in [2.05, 4.69) is 10.2 Å². The molecule has 2 heterocycles. The van der Waals surface area contributed by atoms with E-state index in [1.54, 1.807) is 18.2 Å². The first-order chi connectivity index (χ1) is 5.79. The number of pyridine rings is 1. The van der Waals surface area contributed by atoms with Gasteiger partial charge in [-0.15, -0.1) is 10.2 Å². The van der Waals surface area contributed by atoms with Crippen LogP contribution in [0.2, 0.25) is 0 Å². The van der Waals surface area contributed by atoms with Crippen molar-refractivity contribution >= 4 is 18.4 Å². The van der Waals surface area contributed by atoms with Crippen molar-refractivity contribution in [2.24, 2.45) is 0 Å². The zero-order valence-electron chi connectivity index (χ0n) is 6.12. The van der Waals surface area contributed by atoms with Gasteiger partial charge in [0.25, 0.3) is 0 Å².